The number of fused-ring (bicyclic) bond motifs is 1. The predicted molar refractivity (Wildman–Crippen MR) is 74.8 cm³/mol. The zero-order chi connectivity index (χ0) is 14.1. The number of nitrogen functional groups attached to an aromatic ring is 1. The number of hydrogen-bond acceptors (Lipinski definition) is 6. The van der Waals surface area contributed by atoms with Crippen LogP contribution in [0.15, 0.2) is 34.9 Å². The maximum Gasteiger partial charge on any atom is 0.229 e. The first-order valence-electron chi connectivity index (χ1n) is 5.95. The van der Waals surface area contributed by atoms with Crippen molar-refractivity contribution in [3.8, 4) is 23.0 Å². The van der Waals surface area contributed by atoms with E-state index < -0.39 is 0 Å². The maximum atomic E-state index is 5.67. The van der Waals surface area contributed by atoms with Gasteiger partial charge in [0.25, 0.3) is 0 Å². The molecule has 3 rings (SSSR count). The van der Waals surface area contributed by atoms with Crippen LogP contribution >= 0.6 is 0 Å². The normalized spacial score (nSPS) is 10.7. The topological polar surface area (TPSA) is 83.4 Å². The molecule has 1 aromatic carbocycles. The molecule has 0 aliphatic heterocycles. The highest BCUT2D eigenvalue weighted by atomic mass is 16.5. The van der Waals surface area contributed by atoms with Crippen LogP contribution in [0.2, 0.25) is 0 Å². The number of pyridine rings is 1. The van der Waals surface area contributed by atoms with Crippen molar-refractivity contribution in [1.82, 2.24) is 9.97 Å². The van der Waals surface area contributed by atoms with E-state index in [9.17, 15) is 0 Å². The Morgan fingerprint density at radius 3 is 2.65 bits per heavy atom. The molecule has 0 spiro atoms. The summed E-state index contributed by atoms with van der Waals surface area (Å²) in [6.45, 7) is 0. The van der Waals surface area contributed by atoms with Gasteiger partial charge in [0.05, 0.1) is 26.1 Å². The van der Waals surface area contributed by atoms with E-state index in [1.807, 2.05) is 6.07 Å². The summed E-state index contributed by atoms with van der Waals surface area (Å²) in [5.74, 6) is 1.72. The number of ether oxygens (including phenoxy) is 2. The van der Waals surface area contributed by atoms with Gasteiger partial charge in [0.15, 0.2) is 22.7 Å². The Morgan fingerprint density at radius 2 is 1.90 bits per heavy atom. The van der Waals surface area contributed by atoms with Gasteiger partial charge in [-0.25, -0.2) is 4.98 Å². The van der Waals surface area contributed by atoms with Crippen molar-refractivity contribution in [2.24, 2.45) is 0 Å². The van der Waals surface area contributed by atoms with Crippen LogP contribution in [-0.4, -0.2) is 24.2 Å². The minimum absolute atomic E-state index is 0.457. The molecule has 0 saturated carbocycles. The monoisotopic (exact) mass is 271 g/mol. The molecule has 0 atom stereocenters. The predicted octanol–water partition coefficient (Wildman–Crippen LogP) is 2.49. The van der Waals surface area contributed by atoms with Gasteiger partial charge >= 0.3 is 0 Å². The number of aromatic nitrogens is 2. The van der Waals surface area contributed by atoms with Crippen LogP contribution < -0.4 is 15.2 Å². The zero-order valence-electron chi connectivity index (χ0n) is 11.1. The van der Waals surface area contributed by atoms with E-state index in [-0.39, 0.29) is 0 Å². The van der Waals surface area contributed by atoms with Crippen LogP contribution in [0.4, 0.5) is 5.69 Å². The summed E-state index contributed by atoms with van der Waals surface area (Å²) in [6.07, 6.45) is 1.54. The lowest BCUT2D eigenvalue weighted by atomic mass is 10.2. The summed E-state index contributed by atoms with van der Waals surface area (Å²) in [6, 6.07) is 7.13. The molecule has 6 nitrogen and oxygen atoms in total. The number of benzene rings is 1. The molecular weight excluding hydrogens is 258 g/mol. The van der Waals surface area contributed by atoms with Crippen molar-refractivity contribution in [2.75, 3.05) is 20.0 Å². The highest BCUT2D eigenvalue weighted by molar-refractivity contribution is 5.75. The summed E-state index contributed by atoms with van der Waals surface area (Å²) in [7, 11) is 3.17. The van der Waals surface area contributed by atoms with Crippen LogP contribution in [0.1, 0.15) is 0 Å². The quantitative estimate of drug-likeness (QED) is 0.788. The lowest BCUT2D eigenvalue weighted by Crippen LogP contribution is -1.90. The molecule has 0 bridgehead atoms. The minimum atomic E-state index is 0.457. The van der Waals surface area contributed by atoms with Crippen molar-refractivity contribution in [2.45, 2.75) is 0 Å². The second-order valence-electron chi connectivity index (χ2n) is 4.18. The average molecular weight is 271 g/mol. The molecule has 0 fully saturated rings. The number of rotatable bonds is 3. The highest BCUT2D eigenvalue weighted by Gasteiger charge is 2.12. The van der Waals surface area contributed by atoms with Gasteiger partial charge in [0, 0.05) is 11.6 Å². The number of hydrogen-bond donors (Lipinski definition) is 1. The number of methoxy groups -OCH3 is 2. The largest absolute Gasteiger partial charge is 0.493 e. The Kier molecular flexibility index (Phi) is 2.90. The standard InChI is InChI=1S/C14H13N3O3/c1-18-10-4-3-8(5-11(10)19-2)14-17-13-12(20-14)6-9(15)7-16-13/h3-7H,15H2,1-2H3. The van der Waals surface area contributed by atoms with Crippen LogP contribution in [0.3, 0.4) is 0 Å². The van der Waals surface area contributed by atoms with Crippen molar-refractivity contribution < 1.29 is 13.9 Å². The van der Waals surface area contributed by atoms with Gasteiger partial charge in [-0.15, -0.1) is 0 Å². The smallest absolute Gasteiger partial charge is 0.229 e. The third kappa shape index (κ3) is 2.01. The first-order chi connectivity index (χ1) is 9.71. The van der Waals surface area contributed by atoms with Gasteiger partial charge in [-0.05, 0) is 18.2 Å². The molecule has 0 aliphatic carbocycles. The molecule has 0 amide bonds. The molecule has 2 N–H and O–H groups in total. The number of nitrogens with two attached hydrogens (primary N) is 1. The van der Waals surface area contributed by atoms with E-state index in [2.05, 4.69) is 9.97 Å². The second-order valence-corrected chi connectivity index (χ2v) is 4.18. The van der Waals surface area contributed by atoms with Crippen molar-refractivity contribution in [1.29, 1.82) is 0 Å². The van der Waals surface area contributed by atoms with Gasteiger partial charge in [0.1, 0.15) is 0 Å². The molecular formula is C14H13N3O3. The molecule has 0 saturated heterocycles. The van der Waals surface area contributed by atoms with Crippen LogP contribution in [-0.2, 0) is 0 Å². The lowest BCUT2D eigenvalue weighted by Gasteiger charge is -2.07. The molecule has 0 aliphatic rings. The third-order valence-electron chi connectivity index (χ3n) is 2.90. The number of oxazole rings is 1. The summed E-state index contributed by atoms with van der Waals surface area (Å²) in [5.41, 5.74) is 8.05. The molecule has 0 unspecified atom stereocenters. The molecule has 2 aromatic heterocycles. The van der Waals surface area contributed by atoms with Crippen molar-refractivity contribution in [3.05, 3.63) is 30.5 Å². The Hall–Kier alpha value is -2.76. The van der Waals surface area contributed by atoms with Gasteiger partial charge in [-0.3, -0.25) is 0 Å². The molecule has 3 aromatic rings. The summed E-state index contributed by atoms with van der Waals surface area (Å²) >= 11 is 0. The Bertz CT molecular complexity index is 767. The van der Waals surface area contributed by atoms with Crippen molar-refractivity contribution in [3.63, 3.8) is 0 Å². The molecule has 20 heavy (non-hydrogen) atoms. The fourth-order valence-corrected chi connectivity index (χ4v) is 1.93. The molecule has 6 heteroatoms. The van der Waals surface area contributed by atoms with E-state index >= 15 is 0 Å². The SMILES string of the molecule is COc1ccc(-c2nc3ncc(N)cc3o2)cc1OC. The fraction of sp³-hybridized carbons (Fsp3) is 0.143. The summed E-state index contributed by atoms with van der Waals surface area (Å²) in [5, 5.41) is 0. The maximum absolute atomic E-state index is 5.67. The Morgan fingerprint density at radius 1 is 1.10 bits per heavy atom. The van der Waals surface area contributed by atoms with Crippen LogP contribution in [0.25, 0.3) is 22.7 Å². The van der Waals surface area contributed by atoms with E-state index in [0.29, 0.717) is 34.3 Å². The van der Waals surface area contributed by atoms with E-state index in [1.54, 1.807) is 38.6 Å². The second kappa shape index (κ2) is 4.73. The van der Waals surface area contributed by atoms with Crippen LogP contribution in [0.5, 0.6) is 11.5 Å². The third-order valence-corrected chi connectivity index (χ3v) is 2.90. The van der Waals surface area contributed by atoms with Gasteiger partial charge < -0.3 is 19.6 Å². The van der Waals surface area contributed by atoms with Crippen LogP contribution in [0, 0.1) is 0 Å². The fourth-order valence-electron chi connectivity index (χ4n) is 1.93. The minimum Gasteiger partial charge on any atom is -0.493 e. The first kappa shape index (κ1) is 12.3. The average Bonchev–Trinajstić information content (AvgIpc) is 2.89. The Balaban J connectivity index is 2.10. The zero-order valence-corrected chi connectivity index (χ0v) is 11.1. The number of anilines is 1. The summed E-state index contributed by atoms with van der Waals surface area (Å²) < 4.78 is 16.1. The molecule has 0 radical (unpaired) electrons. The summed E-state index contributed by atoms with van der Waals surface area (Å²) in [4.78, 5) is 8.44. The van der Waals surface area contributed by atoms with E-state index in [1.165, 1.54) is 0 Å². The van der Waals surface area contributed by atoms with Gasteiger partial charge in [0.2, 0.25) is 5.89 Å². The molecule has 102 valence electrons. The van der Waals surface area contributed by atoms with Gasteiger partial charge in [-0.2, -0.15) is 4.98 Å². The van der Waals surface area contributed by atoms with E-state index in [4.69, 9.17) is 19.6 Å². The first-order valence-corrected chi connectivity index (χ1v) is 5.95. The van der Waals surface area contributed by atoms with E-state index in [0.717, 1.165) is 5.56 Å². The number of nitrogens with zero attached hydrogens (tertiary/aromatic N) is 2. The lowest BCUT2D eigenvalue weighted by molar-refractivity contribution is 0.355. The Labute approximate surface area is 115 Å². The van der Waals surface area contributed by atoms with Crippen molar-refractivity contribution >= 4 is 16.9 Å². The highest BCUT2D eigenvalue weighted by Crippen LogP contribution is 2.33. The van der Waals surface area contributed by atoms with Gasteiger partial charge in [-0.1, -0.05) is 0 Å². The molecule has 2 heterocycles.